The molecule has 194 valence electrons. The normalized spacial score (nSPS) is 17.2. The third kappa shape index (κ3) is 5.42. The number of nitrogens with one attached hydrogen (secondary N) is 2. The Hall–Kier alpha value is -3.69. The fourth-order valence-electron chi connectivity index (χ4n) is 4.40. The maximum absolute atomic E-state index is 13.0. The molecule has 2 aromatic rings. The van der Waals surface area contributed by atoms with Crippen LogP contribution in [0.15, 0.2) is 28.9 Å². The fraction of sp³-hybridized carbons (Fsp3) is 0.500. The van der Waals surface area contributed by atoms with Crippen molar-refractivity contribution in [2.45, 2.75) is 52.2 Å². The SMILES string of the molecule is COc1cc(N2CCN(C(=O)OC(C)(C)C)CC2)ccc1NC(=O)c1coc2c1C(=O)NC(C)(C)C2. The van der Waals surface area contributed by atoms with Gasteiger partial charge in [-0.3, -0.25) is 9.59 Å². The highest BCUT2D eigenvalue weighted by Crippen LogP contribution is 2.32. The molecule has 1 saturated heterocycles. The lowest BCUT2D eigenvalue weighted by Crippen LogP contribution is -2.50. The molecule has 1 aromatic carbocycles. The van der Waals surface area contributed by atoms with E-state index in [-0.39, 0.29) is 23.1 Å². The van der Waals surface area contributed by atoms with E-state index in [1.54, 1.807) is 11.0 Å². The van der Waals surface area contributed by atoms with Gasteiger partial charge in [-0.15, -0.1) is 0 Å². The molecule has 0 spiro atoms. The Morgan fingerprint density at radius 2 is 1.83 bits per heavy atom. The molecular formula is C26H34N4O6. The molecule has 36 heavy (non-hydrogen) atoms. The molecule has 0 saturated carbocycles. The van der Waals surface area contributed by atoms with Gasteiger partial charge < -0.3 is 34.3 Å². The molecule has 3 heterocycles. The predicted octanol–water partition coefficient (Wildman–Crippen LogP) is 3.66. The summed E-state index contributed by atoms with van der Waals surface area (Å²) in [6, 6.07) is 5.50. The van der Waals surface area contributed by atoms with E-state index in [4.69, 9.17) is 13.9 Å². The van der Waals surface area contributed by atoms with Crippen molar-refractivity contribution < 1.29 is 28.3 Å². The number of carbonyl (C=O) groups excluding carboxylic acids is 3. The summed E-state index contributed by atoms with van der Waals surface area (Å²) in [5.41, 5.74) is 0.874. The van der Waals surface area contributed by atoms with Crippen LogP contribution in [0.5, 0.6) is 5.75 Å². The highest BCUT2D eigenvalue weighted by Gasteiger charge is 2.36. The van der Waals surface area contributed by atoms with Gasteiger partial charge in [0.25, 0.3) is 11.8 Å². The van der Waals surface area contributed by atoms with Crippen LogP contribution in [0.25, 0.3) is 0 Å². The number of anilines is 2. The van der Waals surface area contributed by atoms with Gasteiger partial charge in [-0.2, -0.15) is 0 Å². The van der Waals surface area contributed by atoms with Gasteiger partial charge in [0, 0.05) is 49.9 Å². The Kier molecular flexibility index (Phi) is 6.64. The van der Waals surface area contributed by atoms with Gasteiger partial charge in [0.05, 0.1) is 23.9 Å². The van der Waals surface area contributed by atoms with E-state index < -0.39 is 17.0 Å². The molecule has 4 rings (SSSR count). The fourth-order valence-corrected chi connectivity index (χ4v) is 4.40. The monoisotopic (exact) mass is 498 g/mol. The van der Waals surface area contributed by atoms with Crippen LogP contribution in [0, 0.1) is 0 Å². The molecule has 10 nitrogen and oxygen atoms in total. The first kappa shape index (κ1) is 25.4. The van der Waals surface area contributed by atoms with Gasteiger partial charge in [0.2, 0.25) is 0 Å². The minimum atomic E-state index is -0.530. The highest BCUT2D eigenvalue weighted by molar-refractivity contribution is 6.13. The van der Waals surface area contributed by atoms with Gasteiger partial charge in [-0.25, -0.2) is 4.79 Å². The van der Waals surface area contributed by atoms with Crippen LogP contribution in [0.4, 0.5) is 16.2 Å². The standard InChI is InChI=1S/C26H34N4O6/c1-25(2,3)36-24(33)30-11-9-29(10-12-30)16-7-8-18(19(13-16)34-6)27-22(31)17-15-35-20-14-26(4,5)28-23(32)21(17)20/h7-8,13,15H,9-12,14H2,1-6H3,(H,27,31)(H,28,32). The molecule has 10 heteroatoms. The molecule has 0 unspecified atom stereocenters. The van der Waals surface area contributed by atoms with Crippen LogP contribution in [-0.4, -0.2) is 67.2 Å². The number of ether oxygens (including phenoxy) is 2. The van der Waals surface area contributed by atoms with Gasteiger partial charge in [-0.1, -0.05) is 0 Å². The Bertz CT molecular complexity index is 1170. The van der Waals surface area contributed by atoms with Crippen molar-refractivity contribution in [3.05, 3.63) is 41.3 Å². The first-order chi connectivity index (χ1) is 16.9. The summed E-state index contributed by atoms with van der Waals surface area (Å²) in [5.74, 6) is 0.208. The zero-order valence-corrected chi connectivity index (χ0v) is 21.7. The number of fused-ring (bicyclic) bond motifs is 1. The smallest absolute Gasteiger partial charge is 0.410 e. The Morgan fingerprint density at radius 1 is 1.14 bits per heavy atom. The quantitative estimate of drug-likeness (QED) is 0.661. The number of furan rings is 1. The van der Waals surface area contributed by atoms with Crippen LogP contribution in [0.2, 0.25) is 0 Å². The second-order valence-corrected chi connectivity index (χ2v) is 10.8. The number of rotatable bonds is 4. The molecule has 0 atom stereocenters. The predicted molar refractivity (Wildman–Crippen MR) is 135 cm³/mol. The third-order valence-corrected chi connectivity index (χ3v) is 6.12. The summed E-state index contributed by atoms with van der Waals surface area (Å²) < 4.78 is 16.6. The van der Waals surface area contributed by atoms with Crippen LogP contribution in [0.3, 0.4) is 0 Å². The van der Waals surface area contributed by atoms with Gasteiger partial charge in [-0.05, 0) is 46.8 Å². The average Bonchev–Trinajstić information content (AvgIpc) is 3.21. The number of carbonyl (C=O) groups is 3. The van der Waals surface area contributed by atoms with Crippen LogP contribution in [0.1, 0.15) is 61.1 Å². The third-order valence-electron chi connectivity index (χ3n) is 6.12. The molecule has 1 fully saturated rings. The number of methoxy groups -OCH3 is 1. The molecule has 2 aliphatic heterocycles. The number of amides is 3. The number of nitrogens with zero attached hydrogens (tertiary/aromatic N) is 2. The molecule has 0 radical (unpaired) electrons. The summed E-state index contributed by atoms with van der Waals surface area (Å²) in [6.07, 6.45) is 1.52. The second-order valence-electron chi connectivity index (χ2n) is 10.8. The molecular weight excluding hydrogens is 464 g/mol. The molecule has 2 N–H and O–H groups in total. The van der Waals surface area contributed by atoms with Crippen molar-refractivity contribution in [2.24, 2.45) is 0 Å². The van der Waals surface area contributed by atoms with E-state index in [0.29, 0.717) is 49.8 Å². The van der Waals surface area contributed by atoms with Gasteiger partial charge in [0.1, 0.15) is 23.4 Å². The van der Waals surface area contributed by atoms with E-state index in [2.05, 4.69) is 15.5 Å². The summed E-state index contributed by atoms with van der Waals surface area (Å²) in [6.45, 7) is 11.7. The number of piperazine rings is 1. The van der Waals surface area contributed by atoms with E-state index in [0.717, 1.165) is 5.69 Å². The molecule has 0 aliphatic carbocycles. The summed E-state index contributed by atoms with van der Waals surface area (Å²) >= 11 is 0. The van der Waals surface area contributed by atoms with E-state index in [1.807, 2.05) is 46.8 Å². The number of hydrogen-bond acceptors (Lipinski definition) is 7. The average molecular weight is 499 g/mol. The summed E-state index contributed by atoms with van der Waals surface area (Å²) in [7, 11) is 1.53. The second kappa shape index (κ2) is 9.40. The molecule has 1 aromatic heterocycles. The topological polar surface area (TPSA) is 113 Å². The van der Waals surface area contributed by atoms with Crippen molar-refractivity contribution in [1.29, 1.82) is 0 Å². The van der Waals surface area contributed by atoms with E-state index in [1.165, 1.54) is 13.4 Å². The lowest BCUT2D eigenvalue weighted by Gasteiger charge is -2.37. The highest BCUT2D eigenvalue weighted by atomic mass is 16.6. The number of benzene rings is 1. The van der Waals surface area contributed by atoms with Crippen molar-refractivity contribution in [3.8, 4) is 5.75 Å². The van der Waals surface area contributed by atoms with E-state index in [9.17, 15) is 14.4 Å². The lowest BCUT2D eigenvalue weighted by atomic mass is 9.91. The first-order valence-electron chi connectivity index (χ1n) is 12.0. The van der Waals surface area contributed by atoms with Crippen molar-refractivity contribution in [1.82, 2.24) is 10.2 Å². The maximum atomic E-state index is 13.0. The van der Waals surface area contributed by atoms with Crippen LogP contribution < -0.4 is 20.3 Å². The molecule has 0 bridgehead atoms. The maximum Gasteiger partial charge on any atom is 0.410 e. The lowest BCUT2D eigenvalue weighted by molar-refractivity contribution is 0.0240. The summed E-state index contributed by atoms with van der Waals surface area (Å²) in [4.78, 5) is 41.8. The Morgan fingerprint density at radius 3 is 2.47 bits per heavy atom. The zero-order valence-electron chi connectivity index (χ0n) is 21.7. The minimum Gasteiger partial charge on any atom is -0.494 e. The molecule has 2 aliphatic rings. The van der Waals surface area contributed by atoms with Crippen molar-refractivity contribution >= 4 is 29.3 Å². The Balaban J connectivity index is 1.44. The van der Waals surface area contributed by atoms with Crippen LogP contribution in [-0.2, 0) is 11.2 Å². The summed E-state index contributed by atoms with van der Waals surface area (Å²) in [5, 5.41) is 5.74. The zero-order chi connectivity index (χ0) is 26.3. The first-order valence-corrected chi connectivity index (χ1v) is 12.0. The van der Waals surface area contributed by atoms with Gasteiger partial charge in [0.15, 0.2) is 0 Å². The van der Waals surface area contributed by atoms with Crippen molar-refractivity contribution in [3.63, 3.8) is 0 Å². The van der Waals surface area contributed by atoms with Crippen molar-refractivity contribution in [2.75, 3.05) is 43.5 Å². The largest absolute Gasteiger partial charge is 0.494 e. The van der Waals surface area contributed by atoms with Crippen LogP contribution >= 0.6 is 0 Å². The number of hydrogen-bond donors (Lipinski definition) is 2. The van der Waals surface area contributed by atoms with E-state index >= 15 is 0 Å². The minimum absolute atomic E-state index is 0.183. The Labute approximate surface area is 210 Å². The van der Waals surface area contributed by atoms with Gasteiger partial charge >= 0.3 is 6.09 Å². The molecule has 3 amide bonds.